The number of amides is 1. The number of hydrogen-bond donors (Lipinski definition) is 1. The number of hydrogen-bond acceptors (Lipinski definition) is 4. The number of benzene rings is 1. The molecule has 0 radical (unpaired) electrons. The van der Waals surface area contributed by atoms with Gasteiger partial charge in [0, 0.05) is 17.1 Å². The van der Waals surface area contributed by atoms with E-state index in [-0.39, 0.29) is 17.1 Å². The highest BCUT2D eigenvalue weighted by molar-refractivity contribution is 9.10. The summed E-state index contributed by atoms with van der Waals surface area (Å²) in [5.74, 6) is -2.06. The van der Waals surface area contributed by atoms with Crippen LogP contribution in [0.3, 0.4) is 0 Å². The van der Waals surface area contributed by atoms with Crippen molar-refractivity contribution in [3.8, 4) is 11.4 Å². The van der Waals surface area contributed by atoms with Gasteiger partial charge >= 0.3 is 6.09 Å². The van der Waals surface area contributed by atoms with Crippen molar-refractivity contribution in [3.05, 3.63) is 57.7 Å². The van der Waals surface area contributed by atoms with Crippen molar-refractivity contribution >= 4 is 27.8 Å². The molecule has 7 nitrogen and oxygen atoms in total. The lowest BCUT2D eigenvalue weighted by Crippen LogP contribution is -2.34. The summed E-state index contributed by atoms with van der Waals surface area (Å²) in [5.41, 5.74) is 1.20. The predicted molar refractivity (Wildman–Crippen MR) is 102 cm³/mol. The van der Waals surface area contributed by atoms with E-state index in [1.165, 1.54) is 30.8 Å². The van der Waals surface area contributed by atoms with Crippen molar-refractivity contribution in [2.45, 2.75) is 19.9 Å². The molecule has 0 spiro atoms. The van der Waals surface area contributed by atoms with Gasteiger partial charge in [0.25, 0.3) is 0 Å². The van der Waals surface area contributed by atoms with Gasteiger partial charge in [-0.05, 0) is 48.0 Å². The number of aryl methyl sites for hydroxylation is 2. The molecular weight excluding hydrogens is 436 g/mol. The van der Waals surface area contributed by atoms with Crippen LogP contribution < -0.4 is 4.90 Å². The van der Waals surface area contributed by atoms with Crippen LogP contribution in [0.15, 0.2) is 34.8 Å². The van der Waals surface area contributed by atoms with E-state index in [4.69, 9.17) is 0 Å². The first kappa shape index (κ1) is 19.9. The standard InChI is InChI=1S/C18H16BrF2N5O2/c1-9-12(19)7-8-14(22-9)16-17(25(3)24-23-16)26(18(27)28)10(2)11-5-4-6-13(20)15(11)21/h4-8,10H,1-3H3,(H,27,28). The fourth-order valence-corrected chi connectivity index (χ4v) is 3.11. The zero-order valence-electron chi connectivity index (χ0n) is 15.2. The third-order valence-electron chi connectivity index (χ3n) is 4.31. The largest absolute Gasteiger partial charge is 0.465 e. The van der Waals surface area contributed by atoms with Crippen LogP contribution in [0.5, 0.6) is 0 Å². The second kappa shape index (κ2) is 7.63. The Hall–Kier alpha value is -2.88. The summed E-state index contributed by atoms with van der Waals surface area (Å²) >= 11 is 3.36. The molecule has 2 aromatic heterocycles. The lowest BCUT2D eigenvalue weighted by atomic mass is 10.1. The molecule has 1 aromatic carbocycles. The Kier molecular flexibility index (Phi) is 5.41. The van der Waals surface area contributed by atoms with Crippen LogP contribution in [-0.2, 0) is 7.05 Å². The molecule has 0 aliphatic heterocycles. The zero-order chi connectivity index (χ0) is 20.6. The number of halogens is 3. The summed E-state index contributed by atoms with van der Waals surface area (Å²) in [6, 6.07) is 6.02. The van der Waals surface area contributed by atoms with Gasteiger partial charge in [0.2, 0.25) is 0 Å². The molecule has 0 fully saturated rings. The van der Waals surface area contributed by atoms with E-state index in [0.717, 1.165) is 15.4 Å². The summed E-state index contributed by atoms with van der Waals surface area (Å²) < 4.78 is 30.0. The van der Waals surface area contributed by atoms with Crippen LogP contribution in [0.2, 0.25) is 0 Å². The Morgan fingerprint density at radius 2 is 2.00 bits per heavy atom. The molecule has 3 rings (SSSR count). The summed E-state index contributed by atoms with van der Waals surface area (Å²) in [4.78, 5) is 17.4. The van der Waals surface area contributed by atoms with Gasteiger partial charge in [0.05, 0.1) is 17.4 Å². The fraction of sp³-hybridized carbons (Fsp3) is 0.222. The Balaban J connectivity index is 2.16. The second-order valence-corrected chi connectivity index (χ2v) is 6.97. The first-order valence-electron chi connectivity index (χ1n) is 8.21. The maximum atomic E-state index is 14.3. The van der Waals surface area contributed by atoms with Crippen LogP contribution in [0.1, 0.15) is 24.2 Å². The number of carboxylic acid groups (broad SMARTS) is 1. The molecule has 2 heterocycles. The van der Waals surface area contributed by atoms with Crippen molar-refractivity contribution in [3.63, 3.8) is 0 Å². The number of aromatic nitrogens is 4. The fourth-order valence-electron chi connectivity index (χ4n) is 2.89. The third kappa shape index (κ3) is 3.47. The number of pyridine rings is 1. The van der Waals surface area contributed by atoms with Crippen molar-refractivity contribution < 1.29 is 18.7 Å². The van der Waals surface area contributed by atoms with Gasteiger partial charge in [-0.3, -0.25) is 9.88 Å². The van der Waals surface area contributed by atoms with Gasteiger partial charge in [-0.15, -0.1) is 5.10 Å². The van der Waals surface area contributed by atoms with E-state index in [0.29, 0.717) is 11.4 Å². The molecule has 0 saturated carbocycles. The van der Waals surface area contributed by atoms with Crippen molar-refractivity contribution in [1.82, 2.24) is 20.0 Å². The highest BCUT2D eigenvalue weighted by Crippen LogP contribution is 2.35. The van der Waals surface area contributed by atoms with Crippen molar-refractivity contribution in [2.75, 3.05) is 4.90 Å². The van der Waals surface area contributed by atoms with Crippen molar-refractivity contribution in [2.24, 2.45) is 7.05 Å². The van der Waals surface area contributed by atoms with E-state index < -0.39 is 23.8 Å². The Bertz CT molecular complexity index is 1060. The average molecular weight is 452 g/mol. The molecule has 1 atom stereocenters. The summed E-state index contributed by atoms with van der Waals surface area (Å²) in [5, 5.41) is 17.8. The quantitative estimate of drug-likeness (QED) is 0.632. The molecule has 1 N–H and O–H groups in total. The highest BCUT2D eigenvalue weighted by Gasteiger charge is 2.32. The maximum absolute atomic E-state index is 14.3. The number of anilines is 1. The number of rotatable bonds is 4. The number of nitrogens with zero attached hydrogens (tertiary/aromatic N) is 5. The predicted octanol–water partition coefficient (Wildman–Crippen LogP) is 4.47. The van der Waals surface area contributed by atoms with E-state index in [2.05, 4.69) is 31.2 Å². The summed E-state index contributed by atoms with van der Waals surface area (Å²) in [6.07, 6.45) is -1.36. The molecule has 0 aliphatic rings. The molecule has 28 heavy (non-hydrogen) atoms. The Morgan fingerprint density at radius 3 is 2.64 bits per heavy atom. The Labute approximate surface area is 167 Å². The molecule has 0 saturated heterocycles. The third-order valence-corrected chi connectivity index (χ3v) is 5.15. The van der Waals surface area contributed by atoms with Crippen molar-refractivity contribution in [1.29, 1.82) is 0 Å². The summed E-state index contributed by atoms with van der Waals surface area (Å²) in [7, 11) is 1.52. The number of carbonyl (C=O) groups is 1. The molecule has 1 amide bonds. The van der Waals surface area contributed by atoms with Crippen LogP contribution in [0, 0.1) is 18.6 Å². The first-order chi connectivity index (χ1) is 13.2. The highest BCUT2D eigenvalue weighted by atomic mass is 79.9. The average Bonchev–Trinajstić information content (AvgIpc) is 3.01. The van der Waals surface area contributed by atoms with Gasteiger partial charge in [-0.2, -0.15) is 0 Å². The lowest BCUT2D eigenvalue weighted by molar-refractivity contribution is 0.199. The van der Waals surface area contributed by atoms with Crippen LogP contribution in [0.4, 0.5) is 19.4 Å². The minimum atomic E-state index is -1.36. The normalized spacial score (nSPS) is 12.1. The summed E-state index contributed by atoms with van der Waals surface area (Å²) in [6.45, 7) is 3.24. The molecule has 1 unspecified atom stereocenters. The van der Waals surface area contributed by atoms with E-state index in [1.807, 2.05) is 0 Å². The van der Waals surface area contributed by atoms with Gasteiger partial charge in [0.15, 0.2) is 23.1 Å². The molecule has 10 heteroatoms. The van der Waals surface area contributed by atoms with Crippen LogP contribution in [0.25, 0.3) is 11.4 Å². The Morgan fingerprint density at radius 1 is 1.29 bits per heavy atom. The maximum Gasteiger partial charge on any atom is 0.413 e. The topological polar surface area (TPSA) is 84.1 Å². The molecule has 0 aliphatic carbocycles. The second-order valence-electron chi connectivity index (χ2n) is 6.12. The minimum absolute atomic E-state index is 0.0953. The first-order valence-corrected chi connectivity index (χ1v) is 9.01. The van der Waals surface area contributed by atoms with Gasteiger partial charge in [-0.1, -0.05) is 17.3 Å². The van der Waals surface area contributed by atoms with Crippen LogP contribution >= 0.6 is 15.9 Å². The molecule has 0 bridgehead atoms. The van der Waals surface area contributed by atoms with E-state index >= 15 is 0 Å². The van der Waals surface area contributed by atoms with Crippen LogP contribution in [-0.4, -0.2) is 31.2 Å². The van der Waals surface area contributed by atoms with Gasteiger partial charge in [-0.25, -0.2) is 18.3 Å². The lowest BCUT2D eigenvalue weighted by Gasteiger charge is -2.27. The molecule has 146 valence electrons. The smallest absolute Gasteiger partial charge is 0.413 e. The minimum Gasteiger partial charge on any atom is -0.465 e. The van der Waals surface area contributed by atoms with Gasteiger partial charge in [0.1, 0.15) is 0 Å². The SMILES string of the molecule is Cc1nc(-c2nnn(C)c2N(C(=O)O)C(C)c2cccc(F)c2F)ccc1Br. The zero-order valence-corrected chi connectivity index (χ0v) is 16.8. The van der Waals surface area contributed by atoms with E-state index in [9.17, 15) is 18.7 Å². The van der Waals surface area contributed by atoms with E-state index in [1.54, 1.807) is 19.1 Å². The molecule has 3 aromatic rings. The monoisotopic (exact) mass is 451 g/mol. The molecular formula is C18H16BrF2N5O2. The van der Waals surface area contributed by atoms with Gasteiger partial charge < -0.3 is 5.11 Å².